The Morgan fingerprint density at radius 1 is 0.733 bits per heavy atom. The van der Waals surface area contributed by atoms with Gasteiger partial charge in [0.05, 0.1) is 12.4 Å². The first kappa shape index (κ1) is 19.8. The molecule has 3 N–H and O–H groups in total. The molecule has 150 valence electrons. The number of rotatable bonds is 7. The highest BCUT2D eigenvalue weighted by atomic mass is 32.2. The van der Waals surface area contributed by atoms with Crippen LogP contribution in [0, 0.1) is 0 Å². The molecule has 0 saturated heterocycles. The molecule has 6 heteroatoms. The number of carbonyl (C=O) groups is 2. The first-order chi connectivity index (χ1) is 14.7. The Balaban J connectivity index is 1.46. The van der Waals surface area contributed by atoms with Crippen molar-refractivity contribution in [1.82, 2.24) is 15.6 Å². The van der Waals surface area contributed by atoms with Crippen LogP contribution in [0.15, 0.2) is 89.8 Å². The quantitative estimate of drug-likeness (QED) is 0.306. The third-order valence-electron chi connectivity index (χ3n) is 4.68. The molecule has 0 radical (unpaired) electrons. The molecule has 0 unspecified atom stereocenters. The molecular weight excluding hydrogens is 394 g/mol. The number of fused-ring (bicyclic) bond motifs is 1. The number of thioether (sulfide) groups is 1. The van der Waals surface area contributed by atoms with Crippen LogP contribution in [0.2, 0.25) is 0 Å². The molecule has 0 spiro atoms. The molecule has 0 aliphatic rings. The van der Waals surface area contributed by atoms with Crippen molar-refractivity contribution in [3.8, 4) is 0 Å². The number of nitrogens with one attached hydrogen (secondary N) is 3. The van der Waals surface area contributed by atoms with Gasteiger partial charge in [-0.05, 0) is 30.3 Å². The van der Waals surface area contributed by atoms with Crippen LogP contribution in [0.5, 0.6) is 0 Å². The van der Waals surface area contributed by atoms with Gasteiger partial charge in [0, 0.05) is 32.6 Å². The van der Waals surface area contributed by atoms with Crippen LogP contribution in [-0.4, -0.2) is 22.7 Å². The van der Waals surface area contributed by atoms with E-state index in [1.165, 1.54) is 11.8 Å². The van der Waals surface area contributed by atoms with Crippen LogP contribution in [0.3, 0.4) is 0 Å². The van der Waals surface area contributed by atoms with E-state index in [4.69, 9.17) is 0 Å². The summed E-state index contributed by atoms with van der Waals surface area (Å²) in [6, 6.07) is 26.3. The fraction of sp³-hybridized carbons (Fsp3) is 0.0833. The minimum Gasteiger partial charge on any atom is -0.356 e. The van der Waals surface area contributed by atoms with E-state index in [1.54, 1.807) is 24.3 Å². The standard InChI is InChI=1S/C24H21N3O2S/c28-23(17-9-3-1-4-10-17)25-15-21-22(19-13-7-8-14-20(19)27-21)30-16-26-24(29)18-11-5-2-6-12-18/h1-14,27H,15-16H2,(H,25,28)(H,26,29). The van der Waals surface area contributed by atoms with E-state index in [0.29, 0.717) is 23.5 Å². The molecular formula is C24H21N3O2S. The van der Waals surface area contributed by atoms with E-state index in [2.05, 4.69) is 15.6 Å². The number of para-hydroxylation sites is 1. The van der Waals surface area contributed by atoms with Crippen molar-refractivity contribution in [3.05, 3.63) is 102 Å². The van der Waals surface area contributed by atoms with Gasteiger partial charge in [0.15, 0.2) is 0 Å². The third kappa shape index (κ3) is 4.55. The SMILES string of the molecule is O=C(NCSc1c(CNC(=O)c2ccccc2)[nH]c2ccccc12)c1ccccc1. The van der Waals surface area contributed by atoms with E-state index in [0.717, 1.165) is 21.5 Å². The van der Waals surface area contributed by atoms with Crippen LogP contribution in [0.1, 0.15) is 26.4 Å². The maximum Gasteiger partial charge on any atom is 0.251 e. The molecule has 5 nitrogen and oxygen atoms in total. The average Bonchev–Trinajstić information content (AvgIpc) is 3.16. The van der Waals surface area contributed by atoms with E-state index >= 15 is 0 Å². The molecule has 30 heavy (non-hydrogen) atoms. The number of amides is 2. The smallest absolute Gasteiger partial charge is 0.251 e. The first-order valence-electron chi connectivity index (χ1n) is 9.61. The predicted molar refractivity (Wildman–Crippen MR) is 121 cm³/mol. The van der Waals surface area contributed by atoms with Crippen LogP contribution in [0.4, 0.5) is 0 Å². The van der Waals surface area contributed by atoms with Crippen molar-refractivity contribution >= 4 is 34.5 Å². The summed E-state index contributed by atoms with van der Waals surface area (Å²) in [5, 5.41) is 6.98. The second-order valence-corrected chi connectivity index (χ2v) is 7.67. The summed E-state index contributed by atoms with van der Waals surface area (Å²) in [4.78, 5) is 29.1. The van der Waals surface area contributed by atoms with Crippen molar-refractivity contribution in [2.24, 2.45) is 0 Å². The second-order valence-electron chi connectivity index (χ2n) is 6.69. The minimum absolute atomic E-state index is 0.109. The number of aromatic amines is 1. The average molecular weight is 416 g/mol. The summed E-state index contributed by atoms with van der Waals surface area (Å²) in [6.45, 7) is 0.372. The molecule has 0 aliphatic heterocycles. The van der Waals surface area contributed by atoms with Crippen molar-refractivity contribution in [2.75, 3.05) is 5.88 Å². The Hall–Kier alpha value is -3.51. The molecule has 2 amide bonds. The number of hydrogen-bond donors (Lipinski definition) is 3. The van der Waals surface area contributed by atoms with E-state index in [1.807, 2.05) is 60.7 Å². The Kier molecular flexibility index (Phi) is 6.15. The van der Waals surface area contributed by atoms with Crippen molar-refractivity contribution in [3.63, 3.8) is 0 Å². The van der Waals surface area contributed by atoms with E-state index in [-0.39, 0.29) is 11.8 Å². The molecule has 4 aromatic rings. The highest BCUT2D eigenvalue weighted by molar-refractivity contribution is 7.99. The molecule has 0 saturated carbocycles. The highest BCUT2D eigenvalue weighted by Gasteiger charge is 2.14. The fourth-order valence-corrected chi connectivity index (χ4v) is 4.17. The van der Waals surface area contributed by atoms with Gasteiger partial charge in [0.25, 0.3) is 11.8 Å². The minimum atomic E-state index is -0.123. The first-order valence-corrected chi connectivity index (χ1v) is 10.6. The van der Waals surface area contributed by atoms with Crippen LogP contribution in [0.25, 0.3) is 10.9 Å². The number of aromatic nitrogens is 1. The van der Waals surface area contributed by atoms with Crippen LogP contribution in [-0.2, 0) is 6.54 Å². The maximum atomic E-state index is 12.4. The zero-order chi connectivity index (χ0) is 20.8. The Morgan fingerprint density at radius 3 is 1.97 bits per heavy atom. The lowest BCUT2D eigenvalue weighted by atomic mass is 10.2. The van der Waals surface area contributed by atoms with Gasteiger partial charge in [-0.1, -0.05) is 54.6 Å². The molecule has 0 fully saturated rings. The monoisotopic (exact) mass is 415 g/mol. The zero-order valence-electron chi connectivity index (χ0n) is 16.2. The van der Waals surface area contributed by atoms with Gasteiger partial charge in [-0.2, -0.15) is 0 Å². The highest BCUT2D eigenvalue weighted by Crippen LogP contribution is 2.31. The lowest BCUT2D eigenvalue weighted by Crippen LogP contribution is -2.24. The largest absolute Gasteiger partial charge is 0.356 e. The Bertz CT molecular complexity index is 1160. The summed E-state index contributed by atoms with van der Waals surface area (Å²) < 4.78 is 0. The van der Waals surface area contributed by atoms with Crippen LogP contribution >= 0.6 is 11.8 Å². The van der Waals surface area contributed by atoms with E-state index in [9.17, 15) is 9.59 Å². The zero-order valence-corrected chi connectivity index (χ0v) is 17.0. The number of hydrogen-bond acceptors (Lipinski definition) is 3. The van der Waals surface area contributed by atoms with Gasteiger partial charge < -0.3 is 15.6 Å². The number of H-pyrrole nitrogens is 1. The van der Waals surface area contributed by atoms with Gasteiger partial charge in [0.2, 0.25) is 0 Å². The lowest BCUT2D eigenvalue weighted by Gasteiger charge is -2.08. The second kappa shape index (κ2) is 9.33. The van der Waals surface area contributed by atoms with Crippen molar-refractivity contribution < 1.29 is 9.59 Å². The number of benzene rings is 3. The summed E-state index contributed by atoms with van der Waals surface area (Å²) in [5.41, 5.74) is 3.17. The summed E-state index contributed by atoms with van der Waals surface area (Å²) in [7, 11) is 0. The summed E-state index contributed by atoms with van der Waals surface area (Å²) in [5.74, 6) is 0.194. The predicted octanol–water partition coefficient (Wildman–Crippen LogP) is 4.58. The van der Waals surface area contributed by atoms with Gasteiger partial charge in [-0.15, -0.1) is 11.8 Å². The molecule has 0 atom stereocenters. The third-order valence-corrected chi connectivity index (χ3v) is 5.72. The van der Waals surface area contributed by atoms with Gasteiger partial charge in [0.1, 0.15) is 0 Å². The normalized spacial score (nSPS) is 10.7. The summed E-state index contributed by atoms with van der Waals surface area (Å²) >= 11 is 1.54. The molecule has 0 bridgehead atoms. The Morgan fingerprint density at radius 2 is 1.30 bits per heavy atom. The molecule has 4 rings (SSSR count). The maximum absolute atomic E-state index is 12.4. The van der Waals surface area contributed by atoms with Gasteiger partial charge in [-0.3, -0.25) is 9.59 Å². The van der Waals surface area contributed by atoms with Gasteiger partial charge >= 0.3 is 0 Å². The molecule has 3 aromatic carbocycles. The topological polar surface area (TPSA) is 74.0 Å². The van der Waals surface area contributed by atoms with Gasteiger partial charge in [-0.25, -0.2) is 0 Å². The van der Waals surface area contributed by atoms with Crippen LogP contribution < -0.4 is 10.6 Å². The molecule has 1 aromatic heterocycles. The number of carbonyl (C=O) groups excluding carboxylic acids is 2. The van der Waals surface area contributed by atoms with Crippen molar-refractivity contribution in [1.29, 1.82) is 0 Å². The molecule has 0 aliphatic carbocycles. The van der Waals surface area contributed by atoms with E-state index < -0.39 is 0 Å². The summed E-state index contributed by atoms with van der Waals surface area (Å²) in [6.07, 6.45) is 0. The Labute approximate surface area is 178 Å². The fourth-order valence-electron chi connectivity index (χ4n) is 3.19. The van der Waals surface area contributed by atoms with Crippen molar-refractivity contribution in [2.45, 2.75) is 11.4 Å². The molecule has 1 heterocycles. The lowest BCUT2D eigenvalue weighted by molar-refractivity contribution is 0.0946.